The molecule has 0 saturated carbocycles. The average molecular weight is 155 g/mol. The number of hydrogen-bond acceptors (Lipinski definition) is 2. The van der Waals surface area contributed by atoms with Crippen molar-refractivity contribution in [3.63, 3.8) is 0 Å². The molecule has 2 heteroatoms. The molecule has 56 valence electrons. The van der Waals surface area contributed by atoms with E-state index in [9.17, 15) is 0 Å². The second kappa shape index (κ2) is 3.17. The van der Waals surface area contributed by atoms with Gasteiger partial charge in [-0.05, 0) is 25.0 Å². The van der Waals surface area contributed by atoms with Crippen molar-refractivity contribution < 1.29 is 0 Å². The van der Waals surface area contributed by atoms with Crippen molar-refractivity contribution in [3.8, 4) is 0 Å². The summed E-state index contributed by atoms with van der Waals surface area (Å²) < 4.78 is 0. The van der Waals surface area contributed by atoms with Crippen LogP contribution in [-0.4, -0.2) is 0 Å². The lowest BCUT2D eigenvalue weighted by atomic mass is 10.2. The normalized spacial score (nSPS) is 10.3. The van der Waals surface area contributed by atoms with Gasteiger partial charge in [-0.25, -0.2) is 0 Å². The van der Waals surface area contributed by atoms with Crippen LogP contribution in [0.25, 0.3) is 0 Å². The molecule has 1 rings (SSSR count). The van der Waals surface area contributed by atoms with E-state index in [0.29, 0.717) is 6.54 Å². The molecular weight excluding hydrogens is 142 g/mol. The summed E-state index contributed by atoms with van der Waals surface area (Å²) >= 11 is 1.81. The van der Waals surface area contributed by atoms with Gasteiger partial charge in [-0.3, -0.25) is 0 Å². The molecule has 0 unspecified atom stereocenters. The average Bonchev–Trinajstić information content (AvgIpc) is 2.30. The maximum absolute atomic E-state index is 5.50. The Bertz CT molecular complexity index is 215. The van der Waals surface area contributed by atoms with E-state index in [4.69, 9.17) is 5.73 Å². The third-order valence-electron chi connectivity index (χ3n) is 1.65. The number of rotatable bonds is 2. The van der Waals surface area contributed by atoms with E-state index in [-0.39, 0.29) is 0 Å². The van der Waals surface area contributed by atoms with Gasteiger partial charge in [0.1, 0.15) is 0 Å². The van der Waals surface area contributed by atoms with Crippen LogP contribution in [0.15, 0.2) is 6.07 Å². The summed E-state index contributed by atoms with van der Waals surface area (Å²) in [6.45, 7) is 5.02. The molecule has 0 radical (unpaired) electrons. The van der Waals surface area contributed by atoms with Gasteiger partial charge in [0.05, 0.1) is 0 Å². The van der Waals surface area contributed by atoms with Crippen molar-refractivity contribution in [1.82, 2.24) is 0 Å². The summed E-state index contributed by atoms with van der Waals surface area (Å²) in [7, 11) is 0. The van der Waals surface area contributed by atoms with Crippen molar-refractivity contribution in [2.24, 2.45) is 5.73 Å². The third kappa shape index (κ3) is 1.39. The molecule has 0 fully saturated rings. The largest absolute Gasteiger partial charge is 0.326 e. The van der Waals surface area contributed by atoms with Gasteiger partial charge in [0.15, 0.2) is 0 Å². The van der Waals surface area contributed by atoms with Gasteiger partial charge in [0.2, 0.25) is 0 Å². The van der Waals surface area contributed by atoms with Crippen molar-refractivity contribution in [2.45, 2.75) is 26.8 Å². The number of hydrogen-bond donors (Lipinski definition) is 1. The van der Waals surface area contributed by atoms with Crippen LogP contribution in [0.4, 0.5) is 0 Å². The quantitative estimate of drug-likeness (QED) is 0.695. The molecule has 1 heterocycles. The van der Waals surface area contributed by atoms with Crippen LogP contribution < -0.4 is 5.73 Å². The molecule has 0 saturated heterocycles. The second-order valence-corrected chi connectivity index (χ2v) is 3.69. The Morgan fingerprint density at radius 3 is 2.60 bits per heavy atom. The van der Waals surface area contributed by atoms with Crippen LogP contribution in [0.5, 0.6) is 0 Å². The summed E-state index contributed by atoms with van der Waals surface area (Å²) in [6.07, 6.45) is 1.13. The van der Waals surface area contributed by atoms with Gasteiger partial charge in [0.25, 0.3) is 0 Å². The van der Waals surface area contributed by atoms with Gasteiger partial charge in [-0.1, -0.05) is 6.92 Å². The van der Waals surface area contributed by atoms with E-state index in [1.165, 1.54) is 15.3 Å². The van der Waals surface area contributed by atoms with Crippen LogP contribution in [0.2, 0.25) is 0 Å². The lowest BCUT2D eigenvalue weighted by Gasteiger charge is -1.87. The van der Waals surface area contributed by atoms with E-state index in [1.807, 2.05) is 11.3 Å². The molecule has 1 aromatic heterocycles. The number of aryl methyl sites for hydroxylation is 2. The molecule has 2 N–H and O–H groups in total. The van der Waals surface area contributed by atoms with Gasteiger partial charge in [-0.15, -0.1) is 11.3 Å². The topological polar surface area (TPSA) is 26.0 Å². The molecule has 1 aromatic rings. The fourth-order valence-corrected chi connectivity index (χ4v) is 2.05. The Labute approximate surface area is 65.9 Å². The first-order chi connectivity index (χ1) is 4.77. The monoisotopic (exact) mass is 155 g/mol. The first-order valence-electron chi connectivity index (χ1n) is 3.56. The predicted molar refractivity (Wildman–Crippen MR) is 46.3 cm³/mol. The highest BCUT2D eigenvalue weighted by atomic mass is 32.1. The SMILES string of the molecule is CCc1cc(CN)sc1C. The molecule has 0 atom stereocenters. The minimum atomic E-state index is 0.686. The molecule has 0 amide bonds. The summed E-state index contributed by atoms with van der Waals surface area (Å²) in [5.74, 6) is 0. The maximum atomic E-state index is 5.50. The Morgan fingerprint density at radius 1 is 1.60 bits per heavy atom. The predicted octanol–water partition coefficient (Wildman–Crippen LogP) is 2.08. The van der Waals surface area contributed by atoms with Crippen molar-refractivity contribution in [3.05, 3.63) is 21.4 Å². The molecule has 1 nitrogen and oxygen atoms in total. The van der Waals surface area contributed by atoms with E-state index in [0.717, 1.165) is 6.42 Å². The first kappa shape index (κ1) is 7.76. The van der Waals surface area contributed by atoms with Crippen LogP contribution >= 0.6 is 11.3 Å². The van der Waals surface area contributed by atoms with Crippen molar-refractivity contribution >= 4 is 11.3 Å². The Kier molecular flexibility index (Phi) is 2.46. The Hall–Kier alpha value is -0.340. The molecule has 0 spiro atoms. The summed E-state index contributed by atoms with van der Waals surface area (Å²) in [4.78, 5) is 2.72. The number of nitrogens with two attached hydrogens (primary N) is 1. The summed E-state index contributed by atoms with van der Waals surface area (Å²) in [6, 6.07) is 2.21. The Morgan fingerprint density at radius 2 is 2.30 bits per heavy atom. The summed E-state index contributed by atoms with van der Waals surface area (Å²) in [5.41, 5.74) is 6.95. The van der Waals surface area contributed by atoms with Crippen LogP contribution in [0.1, 0.15) is 22.2 Å². The maximum Gasteiger partial charge on any atom is 0.0273 e. The zero-order chi connectivity index (χ0) is 7.56. The van der Waals surface area contributed by atoms with Crippen LogP contribution in [-0.2, 0) is 13.0 Å². The smallest absolute Gasteiger partial charge is 0.0273 e. The molecular formula is C8H13NS. The third-order valence-corrected chi connectivity index (χ3v) is 2.77. The highest BCUT2D eigenvalue weighted by molar-refractivity contribution is 7.12. The minimum absolute atomic E-state index is 0.686. The van der Waals surface area contributed by atoms with Crippen molar-refractivity contribution in [1.29, 1.82) is 0 Å². The number of thiophene rings is 1. The second-order valence-electron chi connectivity index (χ2n) is 2.35. The van der Waals surface area contributed by atoms with Crippen LogP contribution in [0, 0.1) is 6.92 Å². The zero-order valence-electron chi connectivity index (χ0n) is 6.48. The van der Waals surface area contributed by atoms with Gasteiger partial charge < -0.3 is 5.73 Å². The van der Waals surface area contributed by atoms with Gasteiger partial charge >= 0.3 is 0 Å². The molecule has 0 aliphatic heterocycles. The Balaban J connectivity index is 2.92. The lowest BCUT2D eigenvalue weighted by molar-refractivity contribution is 1.09. The zero-order valence-corrected chi connectivity index (χ0v) is 7.29. The first-order valence-corrected chi connectivity index (χ1v) is 4.37. The van der Waals surface area contributed by atoms with Gasteiger partial charge in [0, 0.05) is 16.3 Å². The fraction of sp³-hybridized carbons (Fsp3) is 0.500. The minimum Gasteiger partial charge on any atom is -0.326 e. The van der Waals surface area contributed by atoms with Crippen LogP contribution in [0.3, 0.4) is 0 Å². The highest BCUT2D eigenvalue weighted by Gasteiger charge is 2.00. The highest BCUT2D eigenvalue weighted by Crippen LogP contribution is 2.20. The van der Waals surface area contributed by atoms with Crippen molar-refractivity contribution in [2.75, 3.05) is 0 Å². The van der Waals surface area contributed by atoms with E-state index < -0.39 is 0 Å². The van der Waals surface area contributed by atoms with Gasteiger partial charge in [-0.2, -0.15) is 0 Å². The lowest BCUT2D eigenvalue weighted by Crippen LogP contribution is -1.91. The fourth-order valence-electron chi connectivity index (χ4n) is 1.04. The molecule has 10 heavy (non-hydrogen) atoms. The summed E-state index contributed by atoms with van der Waals surface area (Å²) in [5, 5.41) is 0. The molecule has 0 aliphatic rings. The molecule has 0 aliphatic carbocycles. The molecule has 0 bridgehead atoms. The van der Waals surface area contributed by atoms with E-state index >= 15 is 0 Å². The standard InChI is InChI=1S/C8H13NS/c1-3-7-4-8(5-9)10-6(7)2/h4H,3,5,9H2,1-2H3. The van der Waals surface area contributed by atoms with E-state index in [2.05, 4.69) is 19.9 Å². The van der Waals surface area contributed by atoms with E-state index in [1.54, 1.807) is 0 Å². The molecule has 0 aromatic carbocycles.